The van der Waals surface area contributed by atoms with Crippen molar-refractivity contribution in [1.29, 1.82) is 0 Å². The Kier molecular flexibility index (Phi) is 6.86. The van der Waals surface area contributed by atoms with Crippen LogP contribution in [0.15, 0.2) is 51.4 Å². The molecule has 0 bridgehead atoms. The minimum atomic E-state index is -0.693. The van der Waals surface area contributed by atoms with Gasteiger partial charge >= 0.3 is 5.69 Å². The van der Waals surface area contributed by atoms with Gasteiger partial charge in [-0.15, -0.1) is 11.3 Å². The third-order valence-electron chi connectivity index (χ3n) is 4.70. The lowest BCUT2D eigenvalue weighted by atomic mass is 10.2. The maximum atomic E-state index is 13.3. The van der Waals surface area contributed by atoms with E-state index in [0.29, 0.717) is 17.9 Å². The molecule has 2 aromatic heterocycles. The smallest absolute Gasteiger partial charge is 0.330 e. The number of hydrogen-bond donors (Lipinski definition) is 2. The average Bonchev–Trinajstić information content (AvgIpc) is 3.16. The lowest BCUT2D eigenvalue weighted by Gasteiger charge is -2.24. The molecule has 30 heavy (non-hydrogen) atoms. The Bertz CT molecular complexity index is 1130. The first-order valence-corrected chi connectivity index (χ1v) is 10.3. The number of nitrogens with zero attached hydrogens (tertiary/aromatic N) is 2. The standard InChI is InChI=1S/C21H24N4O4S/c1-14-9-12-30-17(14)20(27)24(10-6-11-29-2)16-18(22)25(21(28)23-19(16)26)13-15-7-4-3-5-8-15/h3-5,7-9,12H,6,10-11,13,22H2,1-2H3,(H,23,26,28). The first kappa shape index (κ1) is 21.5. The second kappa shape index (κ2) is 9.55. The van der Waals surface area contributed by atoms with Crippen molar-refractivity contribution in [3.05, 3.63) is 78.6 Å². The molecule has 0 radical (unpaired) electrons. The Morgan fingerprint density at radius 3 is 2.60 bits per heavy atom. The van der Waals surface area contributed by atoms with Crippen molar-refractivity contribution in [2.75, 3.05) is 30.9 Å². The zero-order valence-corrected chi connectivity index (χ0v) is 17.7. The number of aryl methyl sites for hydroxylation is 1. The van der Waals surface area contributed by atoms with Gasteiger partial charge in [0.1, 0.15) is 5.82 Å². The Hall–Kier alpha value is -3.17. The number of methoxy groups -OCH3 is 1. The number of anilines is 2. The Morgan fingerprint density at radius 1 is 1.23 bits per heavy atom. The van der Waals surface area contributed by atoms with Crippen LogP contribution < -0.4 is 21.9 Å². The van der Waals surface area contributed by atoms with Crippen LogP contribution in [0.3, 0.4) is 0 Å². The van der Waals surface area contributed by atoms with Gasteiger partial charge < -0.3 is 10.5 Å². The number of thiophene rings is 1. The zero-order valence-electron chi connectivity index (χ0n) is 16.9. The van der Waals surface area contributed by atoms with Crippen molar-refractivity contribution >= 4 is 28.7 Å². The van der Waals surface area contributed by atoms with Crippen LogP contribution in [-0.2, 0) is 11.3 Å². The molecule has 0 spiro atoms. The van der Waals surface area contributed by atoms with E-state index < -0.39 is 11.2 Å². The fraction of sp³-hybridized carbons (Fsp3) is 0.286. The highest BCUT2D eigenvalue weighted by Crippen LogP contribution is 2.24. The van der Waals surface area contributed by atoms with E-state index >= 15 is 0 Å². The predicted octanol–water partition coefficient (Wildman–Crippen LogP) is 2.22. The first-order chi connectivity index (χ1) is 14.4. The highest BCUT2D eigenvalue weighted by Gasteiger charge is 2.26. The van der Waals surface area contributed by atoms with Gasteiger partial charge in [0.25, 0.3) is 11.5 Å². The van der Waals surface area contributed by atoms with Crippen LogP contribution in [0.4, 0.5) is 11.5 Å². The highest BCUT2D eigenvalue weighted by atomic mass is 32.1. The van der Waals surface area contributed by atoms with E-state index in [1.54, 1.807) is 7.11 Å². The summed E-state index contributed by atoms with van der Waals surface area (Å²) in [6, 6.07) is 11.1. The van der Waals surface area contributed by atoms with E-state index in [4.69, 9.17) is 10.5 Å². The second-order valence-corrected chi connectivity index (χ2v) is 7.72. The number of rotatable bonds is 8. The summed E-state index contributed by atoms with van der Waals surface area (Å²) in [6.07, 6.45) is 0.503. The van der Waals surface area contributed by atoms with Gasteiger partial charge in [-0.25, -0.2) is 4.79 Å². The monoisotopic (exact) mass is 428 g/mol. The van der Waals surface area contributed by atoms with Gasteiger partial charge in [-0.05, 0) is 35.9 Å². The Balaban J connectivity index is 2.09. The van der Waals surface area contributed by atoms with Crippen molar-refractivity contribution in [2.24, 2.45) is 0 Å². The predicted molar refractivity (Wildman–Crippen MR) is 119 cm³/mol. The molecule has 0 saturated carbocycles. The van der Waals surface area contributed by atoms with E-state index in [1.165, 1.54) is 20.8 Å². The molecule has 158 valence electrons. The molecule has 0 aliphatic carbocycles. The molecule has 1 aromatic carbocycles. The fourth-order valence-corrected chi connectivity index (χ4v) is 4.03. The maximum absolute atomic E-state index is 13.3. The summed E-state index contributed by atoms with van der Waals surface area (Å²) in [4.78, 5) is 42.6. The average molecular weight is 429 g/mol. The van der Waals surface area contributed by atoms with E-state index in [1.807, 2.05) is 48.7 Å². The number of amides is 1. The number of aromatic amines is 1. The number of carbonyl (C=O) groups excluding carboxylic acids is 1. The van der Waals surface area contributed by atoms with Gasteiger partial charge in [0.15, 0.2) is 5.69 Å². The number of nitrogens with two attached hydrogens (primary N) is 1. The summed E-state index contributed by atoms with van der Waals surface area (Å²) in [5.41, 5.74) is 6.60. The van der Waals surface area contributed by atoms with Crippen molar-refractivity contribution in [3.63, 3.8) is 0 Å². The molecule has 0 unspecified atom stereocenters. The van der Waals surface area contributed by atoms with E-state index in [9.17, 15) is 14.4 Å². The minimum Gasteiger partial charge on any atom is -0.385 e. The largest absolute Gasteiger partial charge is 0.385 e. The molecule has 0 aliphatic heterocycles. The molecule has 0 atom stereocenters. The molecule has 0 aliphatic rings. The lowest BCUT2D eigenvalue weighted by Crippen LogP contribution is -2.42. The normalized spacial score (nSPS) is 10.9. The molecule has 0 saturated heterocycles. The quantitative estimate of drug-likeness (QED) is 0.535. The molecule has 1 amide bonds. The SMILES string of the molecule is COCCCN(C(=O)c1sccc1C)c1c(N)n(Cc2ccccc2)c(=O)[nH]c1=O. The molecule has 3 aromatic rings. The summed E-state index contributed by atoms with van der Waals surface area (Å²) in [5, 5.41) is 1.82. The Morgan fingerprint density at radius 2 is 1.97 bits per heavy atom. The molecule has 0 fully saturated rings. The molecule has 3 rings (SSSR count). The first-order valence-electron chi connectivity index (χ1n) is 9.45. The molecule has 8 nitrogen and oxygen atoms in total. The highest BCUT2D eigenvalue weighted by molar-refractivity contribution is 7.12. The van der Waals surface area contributed by atoms with Gasteiger partial charge in [0.2, 0.25) is 0 Å². The second-order valence-electron chi connectivity index (χ2n) is 6.80. The molecular formula is C21H24N4O4S. The number of nitrogens with one attached hydrogen (secondary N) is 1. The van der Waals surface area contributed by atoms with Crippen LogP contribution in [-0.4, -0.2) is 35.7 Å². The van der Waals surface area contributed by atoms with Crippen LogP contribution >= 0.6 is 11.3 Å². The topological polar surface area (TPSA) is 110 Å². The Labute approximate surface area is 177 Å². The van der Waals surface area contributed by atoms with Gasteiger partial charge in [0, 0.05) is 20.3 Å². The number of aromatic nitrogens is 2. The van der Waals surface area contributed by atoms with Gasteiger partial charge in [-0.1, -0.05) is 30.3 Å². The van der Waals surface area contributed by atoms with Crippen molar-refractivity contribution < 1.29 is 9.53 Å². The summed E-state index contributed by atoms with van der Waals surface area (Å²) in [6.45, 7) is 2.64. The van der Waals surface area contributed by atoms with Crippen LogP contribution in [0.1, 0.15) is 27.2 Å². The van der Waals surface area contributed by atoms with E-state index in [-0.39, 0.29) is 30.5 Å². The summed E-state index contributed by atoms with van der Waals surface area (Å²) >= 11 is 1.30. The van der Waals surface area contributed by atoms with Crippen LogP contribution in [0.5, 0.6) is 0 Å². The summed E-state index contributed by atoms with van der Waals surface area (Å²) in [7, 11) is 1.57. The van der Waals surface area contributed by atoms with Gasteiger partial charge in [-0.3, -0.25) is 24.0 Å². The number of nitrogen functional groups attached to an aromatic ring is 1. The lowest BCUT2D eigenvalue weighted by molar-refractivity contribution is 0.0986. The maximum Gasteiger partial charge on any atom is 0.330 e. The van der Waals surface area contributed by atoms with Gasteiger partial charge in [-0.2, -0.15) is 0 Å². The number of benzene rings is 1. The third kappa shape index (κ3) is 4.52. The number of H-pyrrole nitrogens is 1. The van der Waals surface area contributed by atoms with Crippen LogP contribution in [0.25, 0.3) is 0 Å². The van der Waals surface area contributed by atoms with E-state index in [0.717, 1.165) is 11.1 Å². The summed E-state index contributed by atoms with van der Waals surface area (Å²) < 4.78 is 6.36. The van der Waals surface area contributed by atoms with Crippen molar-refractivity contribution in [1.82, 2.24) is 9.55 Å². The van der Waals surface area contributed by atoms with E-state index in [2.05, 4.69) is 4.98 Å². The molecule has 2 heterocycles. The molecular weight excluding hydrogens is 404 g/mol. The zero-order chi connectivity index (χ0) is 21.7. The van der Waals surface area contributed by atoms with Crippen molar-refractivity contribution in [3.8, 4) is 0 Å². The molecule has 9 heteroatoms. The minimum absolute atomic E-state index is 0.0283. The number of hydrogen-bond acceptors (Lipinski definition) is 6. The fourth-order valence-electron chi connectivity index (χ4n) is 3.16. The number of ether oxygens (including phenoxy) is 1. The van der Waals surface area contributed by atoms with Gasteiger partial charge in [0.05, 0.1) is 11.4 Å². The summed E-state index contributed by atoms with van der Waals surface area (Å²) in [5.74, 6) is -0.381. The van der Waals surface area contributed by atoms with Crippen LogP contribution in [0, 0.1) is 6.92 Å². The third-order valence-corrected chi connectivity index (χ3v) is 5.70. The number of carbonyl (C=O) groups is 1. The molecule has 3 N–H and O–H groups in total. The van der Waals surface area contributed by atoms with Crippen LogP contribution in [0.2, 0.25) is 0 Å². The van der Waals surface area contributed by atoms with Crippen molar-refractivity contribution in [2.45, 2.75) is 19.9 Å².